The first-order valence-electron chi connectivity index (χ1n) is 7.98. The highest BCUT2D eigenvalue weighted by Crippen LogP contribution is 2.15. The molecule has 5 nitrogen and oxygen atoms in total. The lowest BCUT2D eigenvalue weighted by Gasteiger charge is -2.36. The van der Waals surface area contributed by atoms with Crippen LogP contribution in [0, 0.1) is 11.3 Å². The number of aromatic nitrogens is 1. The summed E-state index contributed by atoms with van der Waals surface area (Å²) in [6.45, 7) is 5.99. The normalized spacial score (nSPS) is 15.2. The minimum atomic E-state index is 0.599. The molecule has 0 spiro atoms. The number of para-hydroxylation sites is 1. The van der Waals surface area contributed by atoms with Crippen molar-refractivity contribution in [2.75, 3.05) is 49.5 Å². The molecule has 5 heteroatoms. The molecule has 1 saturated heterocycles. The van der Waals surface area contributed by atoms with Gasteiger partial charge in [0.15, 0.2) is 0 Å². The third-order valence-corrected chi connectivity index (χ3v) is 4.14. The van der Waals surface area contributed by atoms with Gasteiger partial charge >= 0.3 is 0 Å². The van der Waals surface area contributed by atoms with E-state index in [4.69, 9.17) is 5.26 Å². The molecule has 0 saturated carbocycles. The van der Waals surface area contributed by atoms with Gasteiger partial charge in [0.25, 0.3) is 0 Å². The number of piperazine rings is 1. The van der Waals surface area contributed by atoms with Gasteiger partial charge in [-0.15, -0.1) is 0 Å². The lowest BCUT2D eigenvalue weighted by atomic mass is 10.2. The lowest BCUT2D eigenvalue weighted by molar-refractivity contribution is 0.267. The van der Waals surface area contributed by atoms with Crippen molar-refractivity contribution in [2.45, 2.75) is 0 Å². The topological polar surface area (TPSA) is 55.2 Å². The molecule has 0 amide bonds. The zero-order chi connectivity index (χ0) is 15.9. The molecule has 1 N–H and O–H groups in total. The van der Waals surface area contributed by atoms with Crippen molar-refractivity contribution >= 4 is 11.5 Å². The summed E-state index contributed by atoms with van der Waals surface area (Å²) < 4.78 is 0. The molecule has 118 valence electrons. The number of hydrogen-bond acceptors (Lipinski definition) is 5. The van der Waals surface area contributed by atoms with Crippen molar-refractivity contribution in [3.63, 3.8) is 0 Å². The van der Waals surface area contributed by atoms with Gasteiger partial charge in [0, 0.05) is 51.2 Å². The Morgan fingerprint density at radius 3 is 2.57 bits per heavy atom. The molecule has 3 rings (SSSR count). The molecule has 1 aliphatic heterocycles. The highest BCUT2D eigenvalue weighted by Gasteiger charge is 2.16. The molecule has 2 aromatic rings. The minimum Gasteiger partial charge on any atom is -0.369 e. The number of nitrogens with zero attached hydrogens (tertiary/aromatic N) is 4. The first-order valence-corrected chi connectivity index (χ1v) is 7.98. The average molecular weight is 307 g/mol. The van der Waals surface area contributed by atoms with Gasteiger partial charge in [-0.1, -0.05) is 18.2 Å². The maximum atomic E-state index is 9.06. The van der Waals surface area contributed by atoms with Crippen LogP contribution in [0.4, 0.5) is 11.5 Å². The van der Waals surface area contributed by atoms with Gasteiger partial charge in [0.1, 0.15) is 11.9 Å². The predicted molar refractivity (Wildman–Crippen MR) is 92.5 cm³/mol. The van der Waals surface area contributed by atoms with Crippen molar-refractivity contribution in [2.24, 2.45) is 0 Å². The van der Waals surface area contributed by atoms with Crippen LogP contribution in [-0.4, -0.2) is 49.2 Å². The number of hydrogen-bond donors (Lipinski definition) is 1. The van der Waals surface area contributed by atoms with E-state index in [0.717, 1.165) is 39.3 Å². The number of pyridine rings is 1. The van der Waals surface area contributed by atoms with Crippen LogP contribution >= 0.6 is 0 Å². The van der Waals surface area contributed by atoms with Crippen molar-refractivity contribution in [1.29, 1.82) is 5.26 Å². The van der Waals surface area contributed by atoms with E-state index in [2.05, 4.69) is 56.5 Å². The molecule has 0 aliphatic carbocycles. The number of nitrogens with one attached hydrogen (secondary N) is 1. The van der Waals surface area contributed by atoms with E-state index in [0.29, 0.717) is 11.4 Å². The molecule has 0 radical (unpaired) electrons. The highest BCUT2D eigenvalue weighted by atomic mass is 15.3. The number of anilines is 2. The van der Waals surface area contributed by atoms with E-state index in [-0.39, 0.29) is 0 Å². The molecule has 0 bridgehead atoms. The van der Waals surface area contributed by atoms with Crippen molar-refractivity contribution < 1.29 is 0 Å². The molecule has 1 aromatic heterocycles. The smallest absolute Gasteiger partial charge is 0.143 e. The summed E-state index contributed by atoms with van der Waals surface area (Å²) >= 11 is 0. The van der Waals surface area contributed by atoms with Gasteiger partial charge in [0.05, 0.1) is 5.56 Å². The fourth-order valence-corrected chi connectivity index (χ4v) is 2.84. The molecule has 1 aliphatic rings. The number of benzene rings is 1. The SMILES string of the molecule is N#Cc1cccnc1NCCN1CCN(c2ccccc2)CC1. The standard InChI is InChI=1S/C18H21N5/c19-15-16-5-4-8-20-18(16)21-9-10-22-11-13-23(14-12-22)17-6-2-1-3-7-17/h1-8H,9-14H2,(H,20,21). The summed E-state index contributed by atoms with van der Waals surface area (Å²) in [6, 6.07) is 16.3. The molecular formula is C18H21N5. The van der Waals surface area contributed by atoms with Gasteiger partial charge < -0.3 is 10.2 Å². The molecule has 0 unspecified atom stereocenters. The Labute approximate surface area is 137 Å². The Hall–Kier alpha value is -2.58. The quantitative estimate of drug-likeness (QED) is 0.917. The summed E-state index contributed by atoms with van der Waals surface area (Å²) in [6.07, 6.45) is 1.71. The molecule has 2 heterocycles. The van der Waals surface area contributed by atoms with Crippen LogP contribution < -0.4 is 10.2 Å². The summed E-state index contributed by atoms with van der Waals surface area (Å²) in [7, 11) is 0. The van der Waals surface area contributed by atoms with Gasteiger partial charge in [-0.05, 0) is 24.3 Å². The third-order valence-electron chi connectivity index (χ3n) is 4.14. The van der Waals surface area contributed by atoms with Crippen LogP contribution in [0.25, 0.3) is 0 Å². The van der Waals surface area contributed by atoms with Crippen LogP contribution in [0.2, 0.25) is 0 Å². The molecular weight excluding hydrogens is 286 g/mol. The van der Waals surface area contributed by atoms with E-state index in [1.165, 1.54) is 5.69 Å². The van der Waals surface area contributed by atoms with Crippen LogP contribution in [0.5, 0.6) is 0 Å². The fraction of sp³-hybridized carbons (Fsp3) is 0.333. The number of rotatable bonds is 5. The van der Waals surface area contributed by atoms with Crippen LogP contribution in [0.3, 0.4) is 0 Å². The van der Waals surface area contributed by atoms with Gasteiger partial charge in [-0.25, -0.2) is 4.98 Å². The van der Waals surface area contributed by atoms with Crippen molar-refractivity contribution in [3.8, 4) is 6.07 Å². The second-order valence-corrected chi connectivity index (χ2v) is 5.60. The van der Waals surface area contributed by atoms with E-state index >= 15 is 0 Å². The second-order valence-electron chi connectivity index (χ2n) is 5.60. The van der Waals surface area contributed by atoms with Crippen molar-refractivity contribution in [1.82, 2.24) is 9.88 Å². The summed E-state index contributed by atoms with van der Waals surface area (Å²) in [5.41, 5.74) is 1.90. The Morgan fingerprint density at radius 1 is 1.04 bits per heavy atom. The molecule has 23 heavy (non-hydrogen) atoms. The first-order chi connectivity index (χ1) is 11.4. The summed E-state index contributed by atoms with van der Waals surface area (Å²) in [5.74, 6) is 0.679. The van der Waals surface area contributed by atoms with Gasteiger partial charge in [0.2, 0.25) is 0 Å². The molecule has 1 aromatic carbocycles. The van der Waals surface area contributed by atoms with E-state index in [9.17, 15) is 0 Å². The van der Waals surface area contributed by atoms with Gasteiger partial charge in [-0.3, -0.25) is 4.90 Å². The monoisotopic (exact) mass is 307 g/mol. The third kappa shape index (κ3) is 3.99. The maximum Gasteiger partial charge on any atom is 0.143 e. The molecule has 1 fully saturated rings. The highest BCUT2D eigenvalue weighted by molar-refractivity contribution is 5.51. The van der Waals surface area contributed by atoms with E-state index < -0.39 is 0 Å². The fourth-order valence-electron chi connectivity index (χ4n) is 2.84. The Kier molecular flexibility index (Phi) is 5.07. The van der Waals surface area contributed by atoms with Crippen molar-refractivity contribution in [3.05, 3.63) is 54.2 Å². The average Bonchev–Trinajstić information content (AvgIpc) is 2.63. The zero-order valence-electron chi connectivity index (χ0n) is 13.2. The summed E-state index contributed by atoms with van der Waals surface area (Å²) in [4.78, 5) is 9.10. The Bertz CT molecular complexity index is 657. The maximum absolute atomic E-state index is 9.06. The predicted octanol–water partition coefficient (Wildman–Crippen LogP) is 2.19. The van der Waals surface area contributed by atoms with E-state index in [1.807, 2.05) is 0 Å². The van der Waals surface area contributed by atoms with Gasteiger partial charge in [-0.2, -0.15) is 5.26 Å². The van der Waals surface area contributed by atoms with Crippen LogP contribution in [0.15, 0.2) is 48.7 Å². The molecule has 0 atom stereocenters. The Balaban J connectivity index is 1.44. The zero-order valence-corrected chi connectivity index (χ0v) is 13.2. The Morgan fingerprint density at radius 2 is 1.83 bits per heavy atom. The number of nitriles is 1. The largest absolute Gasteiger partial charge is 0.369 e. The summed E-state index contributed by atoms with van der Waals surface area (Å²) in [5, 5.41) is 12.3. The van der Waals surface area contributed by atoms with Crippen LogP contribution in [-0.2, 0) is 0 Å². The lowest BCUT2D eigenvalue weighted by Crippen LogP contribution is -2.47. The first kappa shape index (κ1) is 15.3. The van der Waals surface area contributed by atoms with E-state index in [1.54, 1.807) is 18.3 Å². The van der Waals surface area contributed by atoms with Crippen LogP contribution in [0.1, 0.15) is 5.56 Å². The minimum absolute atomic E-state index is 0.599. The second kappa shape index (κ2) is 7.61.